The number of benzene rings is 2. The number of ether oxygens (including phenoxy) is 1. The maximum Gasteiger partial charge on any atom is 0.334 e. The van der Waals surface area contributed by atoms with Gasteiger partial charge in [-0.2, -0.15) is 0 Å². The summed E-state index contributed by atoms with van der Waals surface area (Å²) in [7, 11) is 0. The molecule has 138 valence electrons. The third-order valence-corrected chi connectivity index (χ3v) is 5.25. The molecule has 4 rings (SSSR count). The number of phenolic OH excluding ortho intramolecular Hbond substituents is 1. The molecule has 8 heteroatoms. The summed E-state index contributed by atoms with van der Waals surface area (Å²) in [4.78, 5) is 28.2. The fourth-order valence-electron chi connectivity index (χ4n) is 3.29. The van der Waals surface area contributed by atoms with Gasteiger partial charge >= 0.3 is 5.97 Å². The number of halogens is 2. The first kappa shape index (κ1) is 17.7. The molecule has 0 fully saturated rings. The van der Waals surface area contributed by atoms with Crippen molar-refractivity contribution in [3.8, 4) is 11.5 Å². The molecule has 1 atom stereocenters. The van der Waals surface area contributed by atoms with Crippen LogP contribution in [-0.2, 0) is 11.2 Å². The number of rotatable bonds is 2. The van der Waals surface area contributed by atoms with Gasteiger partial charge in [-0.1, -0.05) is 23.2 Å². The number of carbonyl (C=O) groups excluding carboxylic acids is 2. The smallest absolute Gasteiger partial charge is 0.334 e. The van der Waals surface area contributed by atoms with E-state index < -0.39 is 17.9 Å². The lowest BCUT2D eigenvalue weighted by atomic mass is 10.0. The van der Waals surface area contributed by atoms with Crippen LogP contribution in [0.3, 0.4) is 0 Å². The number of aromatic amines is 1. The maximum atomic E-state index is 12.7. The third-order valence-electron chi connectivity index (χ3n) is 4.62. The first-order chi connectivity index (χ1) is 12.8. The molecule has 0 unspecified atom stereocenters. The van der Waals surface area contributed by atoms with Gasteiger partial charge in [-0.25, -0.2) is 4.79 Å². The van der Waals surface area contributed by atoms with Crippen molar-refractivity contribution in [1.29, 1.82) is 0 Å². The van der Waals surface area contributed by atoms with Crippen molar-refractivity contribution in [3.05, 3.63) is 57.2 Å². The third kappa shape index (κ3) is 3.01. The van der Waals surface area contributed by atoms with Crippen molar-refractivity contribution < 1.29 is 19.4 Å². The Labute approximate surface area is 164 Å². The predicted octanol–water partition coefficient (Wildman–Crippen LogP) is 3.75. The van der Waals surface area contributed by atoms with E-state index in [9.17, 15) is 14.7 Å². The number of fused-ring (bicyclic) bond motifs is 2. The highest BCUT2D eigenvalue weighted by molar-refractivity contribution is 6.32. The molecule has 6 nitrogen and oxygen atoms in total. The molecule has 0 bridgehead atoms. The van der Waals surface area contributed by atoms with E-state index in [1.54, 1.807) is 25.3 Å². The van der Waals surface area contributed by atoms with Gasteiger partial charge in [0.25, 0.3) is 5.91 Å². The molecule has 3 aromatic rings. The van der Waals surface area contributed by atoms with Crippen LogP contribution < -0.4 is 10.1 Å². The van der Waals surface area contributed by atoms with Crippen molar-refractivity contribution in [2.75, 3.05) is 0 Å². The van der Waals surface area contributed by atoms with Crippen LogP contribution in [0.5, 0.6) is 11.5 Å². The predicted molar refractivity (Wildman–Crippen MR) is 102 cm³/mol. The fourth-order valence-corrected chi connectivity index (χ4v) is 3.66. The zero-order valence-corrected chi connectivity index (χ0v) is 15.6. The molecule has 0 saturated carbocycles. The van der Waals surface area contributed by atoms with Crippen LogP contribution in [0.4, 0.5) is 0 Å². The summed E-state index contributed by atoms with van der Waals surface area (Å²) in [5, 5.41) is 14.2. The summed E-state index contributed by atoms with van der Waals surface area (Å²) in [5.74, 6) is -0.858. The summed E-state index contributed by atoms with van der Waals surface area (Å²) >= 11 is 12.0. The highest BCUT2D eigenvalue weighted by Crippen LogP contribution is 2.33. The Morgan fingerprint density at radius 2 is 2.00 bits per heavy atom. The van der Waals surface area contributed by atoms with Gasteiger partial charge in [0.15, 0.2) is 0 Å². The van der Waals surface area contributed by atoms with E-state index in [0.29, 0.717) is 32.1 Å². The maximum absolute atomic E-state index is 12.7. The number of phenols is 1. The van der Waals surface area contributed by atoms with Gasteiger partial charge in [0.1, 0.15) is 17.5 Å². The quantitative estimate of drug-likeness (QED) is 0.448. The summed E-state index contributed by atoms with van der Waals surface area (Å²) in [6.07, 6.45) is 1.81. The lowest BCUT2D eigenvalue weighted by Crippen LogP contribution is -2.42. The molecule has 1 aliphatic heterocycles. The van der Waals surface area contributed by atoms with Gasteiger partial charge in [-0.15, -0.1) is 0 Å². The molecule has 0 saturated heterocycles. The molecule has 1 aromatic heterocycles. The van der Waals surface area contributed by atoms with E-state index in [2.05, 4.69) is 10.3 Å². The van der Waals surface area contributed by atoms with E-state index in [1.165, 1.54) is 12.1 Å². The van der Waals surface area contributed by atoms with Gasteiger partial charge in [0.05, 0.1) is 11.1 Å². The first-order valence-electron chi connectivity index (χ1n) is 8.15. The van der Waals surface area contributed by atoms with Crippen LogP contribution in [-0.4, -0.2) is 28.0 Å². The van der Waals surface area contributed by atoms with Gasteiger partial charge in [0, 0.05) is 28.0 Å². The molecule has 1 amide bonds. The number of carbonyl (C=O) groups is 2. The molecule has 3 N–H and O–H groups in total. The lowest BCUT2D eigenvalue weighted by molar-refractivity contribution is -0.136. The Balaban J connectivity index is 1.70. The van der Waals surface area contributed by atoms with Crippen LogP contribution in [0.15, 0.2) is 30.5 Å². The van der Waals surface area contributed by atoms with E-state index >= 15 is 0 Å². The second kappa shape index (κ2) is 6.48. The number of nitrogens with one attached hydrogen (secondary N) is 2. The van der Waals surface area contributed by atoms with E-state index in [4.69, 9.17) is 27.9 Å². The van der Waals surface area contributed by atoms with Crippen LogP contribution in [0, 0.1) is 6.92 Å². The highest BCUT2D eigenvalue weighted by atomic mass is 35.5. The molecule has 27 heavy (non-hydrogen) atoms. The van der Waals surface area contributed by atoms with Gasteiger partial charge < -0.3 is 20.1 Å². The Hall–Kier alpha value is -2.70. The van der Waals surface area contributed by atoms with E-state index in [0.717, 1.165) is 0 Å². The molecule has 0 spiro atoms. The highest BCUT2D eigenvalue weighted by Gasteiger charge is 2.32. The minimum atomic E-state index is -0.919. The van der Waals surface area contributed by atoms with Gasteiger partial charge in [-0.05, 0) is 42.3 Å². The van der Waals surface area contributed by atoms with Crippen molar-refractivity contribution in [3.63, 3.8) is 0 Å². The topological polar surface area (TPSA) is 91.4 Å². The summed E-state index contributed by atoms with van der Waals surface area (Å²) in [6.45, 7) is 1.69. The molecule has 1 aliphatic rings. The van der Waals surface area contributed by atoms with Crippen molar-refractivity contribution >= 4 is 46.0 Å². The summed E-state index contributed by atoms with van der Waals surface area (Å²) in [6, 6.07) is 5.26. The zero-order chi connectivity index (χ0) is 19.3. The Morgan fingerprint density at radius 1 is 1.22 bits per heavy atom. The number of amides is 1. The largest absolute Gasteiger partial charge is 0.507 e. The van der Waals surface area contributed by atoms with Crippen LogP contribution in [0.1, 0.15) is 21.5 Å². The first-order valence-corrected chi connectivity index (χ1v) is 8.91. The molecule has 0 aliphatic carbocycles. The van der Waals surface area contributed by atoms with Gasteiger partial charge in [-0.3, -0.25) is 4.79 Å². The van der Waals surface area contributed by atoms with Crippen LogP contribution in [0.25, 0.3) is 10.9 Å². The number of aromatic nitrogens is 1. The summed E-state index contributed by atoms with van der Waals surface area (Å²) < 4.78 is 5.41. The van der Waals surface area contributed by atoms with E-state index in [-0.39, 0.29) is 23.5 Å². The normalized spacial score (nSPS) is 16.6. The van der Waals surface area contributed by atoms with E-state index in [1.807, 2.05) is 0 Å². The minimum Gasteiger partial charge on any atom is -0.507 e. The Bertz CT molecular complexity index is 1110. The minimum absolute atomic E-state index is 0.00650. The Morgan fingerprint density at radius 3 is 2.78 bits per heavy atom. The molecule has 2 aromatic carbocycles. The number of hydrogen-bond acceptors (Lipinski definition) is 4. The number of esters is 1. The average Bonchev–Trinajstić information content (AvgIpc) is 2.95. The fraction of sp³-hybridized carbons (Fsp3) is 0.158. The number of aromatic hydroxyl groups is 1. The number of hydrogen-bond donors (Lipinski definition) is 3. The second-order valence-corrected chi connectivity index (χ2v) is 7.20. The van der Waals surface area contributed by atoms with Crippen molar-refractivity contribution in [1.82, 2.24) is 10.3 Å². The molecule has 0 radical (unpaired) electrons. The number of H-pyrrole nitrogens is 1. The summed E-state index contributed by atoms with van der Waals surface area (Å²) in [5.41, 5.74) is 2.07. The lowest BCUT2D eigenvalue weighted by Gasteiger charge is -2.13. The van der Waals surface area contributed by atoms with Crippen LogP contribution in [0.2, 0.25) is 10.0 Å². The van der Waals surface area contributed by atoms with Crippen molar-refractivity contribution in [2.24, 2.45) is 0 Å². The molecular weight excluding hydrogens is 391 g/mol. The van der Waals surface area contributed by atoms with Gasteiger partial charge in [0.2, 0.25) is 0 Å². The van der Waals surface area contributed by atoms with Crippen LogP contribution >= 0.6 is 23.2 Å². The zero-order valence-electron chi connectivity index (χ0n) is 14.1. The van der Waals surface area contributed by atoms with Crippen molar-refractivity contribution in [2.45, 2.75) is 19.4 Å². The standard InChI is InChI=1S/C19H14Cl2N2O4/c1-8-11(21)2-3-15-16(8)18(25)23-13(19(26)27-15)4-9-7-22-12-5-10(20)6-14(24)17(9)12/h2-3,5-7,13,22,24H,4H2,1H3,(H,23,25)/t13-/m1/s1. The Kier molecular flexibility index (Phi) is 4.25. The average molecular weight is 405 g/mol. The molecule has 2 heterocycles. The second-order valence-electron chi connectivity index (χ2n) is 6.36. The molecular formula is C19H14Cl2N2O4. The monoisotopic (exact) mass is 404 g/mol. The SMILES string of the molecule is Cc1c(Cl)ccc2c1C(=O)N[C@H](Cc1c[nH]c3cc(Cl)cc(O)c13)C(=O)O2.